The van der Waals surface area contributed by atoms with Crippen molar-refractivity contribution in [2.24, 2.45) is 0 Å². The first-order valence-corrected chi connectivity index (χ1v) is 4.66. The molecule has 1 aromatic rings. The number of rotatable bonds is 1. The number of methoxy groups -OCH3 is 1. The summed E-state index contributed by atoms with van der Waals surface area (Å²) in [6.07, 6.45) is 1.67. The van der Waals surface area contributed by atoms with Crippen molar-refractivity contribution in [2.75, 3.05) is 7.11 Å². The van der Waals surface area contributed by atoms with Crippen LogP contribution < -0.4 is 0 Å². The van der Waals surface area contributed by atoms with Gasteiger partial charge in [0.25, 0.3) is 0 Å². The Hall–Kier alpha value is -1.38. The van der Waals surface area contributed by atoms with E-state index in [4.69, 9.17) is 0 Å². The van der Waals surface area contributed by atoms with Gasteiger partial charge < -0.3 is 4.74 Å². The van der Waals surface area contributed by atoms with E-state index in [1.54, 1.807) is 12.3 Å². The van der Waals surface area contributed by atoms with Crippen LogP contribution in [0.25, 0.3) is 0 Å². The molecule has 1 heterocycles. The van der Waals surface area contributed by atoms with E-state index in [-0.39, 0.29) is 5.97 Å². The van der Waals surface area contributed by atoms with Gasteiger partial charge in [0.1, 0.15) is 0 Å². The van der Waals surface area contributed by atoms with Gasteiger partial charge in [-0.25, -0.2) is 4.79 Å². The number of aryl methyl sites for hydroxylation is 2. The second-order valence-electron chi connectivity index (χ2n) is 2.63. The number of hydrogen-bond donors (Lipinski definition) is 0. The van der Waals surface area contributed by atoms with E-state index in [1.165, 1.54) is 7.11 Å². The summed E-state index contributed by atoms with van der Waals surface area (Å²) in [5.74, 6) is -0.307. The lowest BCUT2D eigenvalue weighted by atomic mass is 10.1. The summed E-state index contributed by atoms with van der Waals surface area (Å²) >= 11 is 0. The molecule has 0 N–H and O–H groups in total. The van der Waals surface area contributed by atoms with Gasteiger partial charge in [0.2, 0.25) is 0 Å². The zero-order valence-electron chi connectivity index (χ0n) is 9.42. The van der Waals surface area contributed by atoms with E-state index >= 15 is 0 Å². The molecule has 14 heavy (non-hydrogen) atoms. The number of ether oxygens (including phenoxy) is 1. The zero-order chi connectivity index (χ0) is 11.1. The van der Waals surface area contributed by atoms with Gasteiger partial charge in [-0.3, -0.25) is 4.98 Å². The molecule has 0 aromatic carbocycles. The first-order valence-electron chi connectivity index (χ1n) is 4.66. The number of carbonyl (C=O) groups is 1. The van der Waals surface area contributed by atoms with Crippen molar-refractivity contribution in [3.05, 3.63) is 29.1 Å². The van der Waals surface area contributed by atoms with Crippen LogP contribution in [0.15, 0.2) is 12.3 Å². The maximum atomic E-state index is 11.1. The molecule has 0 aliphatic carbocycles. The third-order valence-electron chi connectivity index (χ3n) is 1.65. The lowest BCUT2D eigenvalue weighted by Crippen LogP contribution is -2.04. The third-order valence-corrected chi connectivity index (χ3v) is 1.65. The number of hydrogen-bond acceptors (Lipinski definition) is 3. The number of aromatic nitrogens is 1. The van der Waals surface area contributed by atoms with Crippen LogP contribution >= 0.6 is 0 Å². The molecule has 0 saturated carbocycles. The Balaban J connectivity index is 0.000000791. The molecule has 0 fully saturated rings. The molecule has 0 atom stereocenters. The van der Waals surface area contributed by atoms with Gasteiger partial charge >= 0.3 is 5.97 Å². The highest BCUT2D eigenvalue weighted by molar-refractivity contribution is 5.90. The first-order chi connectivity index (χ1) is 6.65. The summed E-state index contributed by atoms with van der Waals surface area (Å²) in [5.41, 5.74) is 2.25. The van der Waals surface area contributed by atoms with Gasteiger partial charge in [-0.15, -0.1) is 0 Å². The molecular formula is C11H17NO2. The molecule has 78 valence electrons. The number of pyridine rings is 1. The normalized spacial score (nSPS) is 8.64. The monoisotopic (exact) mass is 195 g/mol. The van der Waals surface area contributed by atoms with E-state index in [0.29, 0.717) is 5.56 Å². The largest absolute Gasteiger partial charge is 0.465 e. The smallest absolute Gasteiger partial charge is 0.338 e. The fraction of sp³-hybridized carbons (Fsp3) is 0.455. The van der Waals surface area contributed by atoms with Gasteiger partial charge in [0.15, 0.2) is 0 Å². The molecule has 3 nitrogen and oxygen atoms in total. The quantitative estimate of drug-likeness (QED) is 0.646. The Bertz CT molecular complexity index is 308. The van der Waals surface area contributed by atoms with Gasteiger partial charge in [0.05, 0.1) is 12.7 Å². The van der Waals surface area contributed by atoms with Gasteiger partial charge in [-0.2, -0.15) is 0 Å². The topological polar surface area (TPSA) is 39.2 Å². The SMILES string of the molecule is CC.COC(=O)c1cc(C)ncc1C. The second kappa shape index (κ2) is 6.13. The van der Waals surface area contributed by atoms with E-state index in [1.807, 2.05) is 27.7 Å². The average Bonchev–Trinajstić information content (AvgIpc) is 2.23. The van der Waals surface area contributed by atoms with Gasteiger partial charge in [0, 0.05) is 11.9 Å². The number of esters is 1. The van der Waals surface area contributed by atoms with Crippen LogP contribution in [0.2, 0.25) is 0 Å². The van der Waals surface area contributed by atoms with Crippen molar-refractivity contribution in [3.8, 4) is 0 Å². The van der Waals surface area contributed by atoms with Crippen molar-refractivity contribution in [3.63, 3.8) is 0 Å². The minimum atomic E-state index is -0.307. The Morgan fingerprint density at radius 1 is 1.36 bits per heavy atom. The lowest BCUT2D eigenvalue weighted by Gasteiger charge is -2.02. The summed E-state index contributed by atoms with van der Waals surface area (Å²) in [7, 11) is 1.37. The molecule has 0 unspecified atom stereocenters. The van der Waals surface area contributed by atoms with Gasteiger partial charge in [-0.1, -0.05) is 13.8 Å². The van der Waals surface area contributed by atoms with Crippen molar-refractivity contribution >= 4 is 5.97 Å². The molecule has 1 aromatic heterocycles. The summed E-state index contributed by atoms with van der Waals surface area (Å²) < 4.78 is 4.61. The molecule has 0 radical (unpaired) electrons. The highest BCUT2D eigenvalue weighted by Crippen LogP contribution is 2.08. The van der Waals surface area contributed by atoms with Gasteiger partial charge in [-0.05, 0) is 25.5 Å². The van der Waals surface area contributed by atoms with Crippen molar-refractivity contribution < 1.29 is 9.53 Å². The highest BCUT2D eigenvalue weighted by atomic mass is 16.5. The van der Waals surface area contributed by atoms with E-state index in [0.717, 1.165) is 11.3 Å². The average molecular weight is 195 g/mol. The molecule has 0 saturated heterocycles. The van der Waals surface area contributed by atoms with E-state index < -0.39 is 0 Å². The Kier molecular flexibility index (Phi) is 5.53. The molecule has 1 rings (SSSR count). The Labute approximate surface area is 85.1 Å². The Morgan fingerprint density at radius 3 is 2.43 bits per heavy atom. The standard InChI is InChI=1S/C9H11NO2.C2H6/c1-6-5-10-7(2)4-8(6)9(11)12-3;1-2/h4-5H,1-3H3;1-2H3. The molecule has 0 amide bonds. The van der Waals surface area contributed by atoms with Crippen LogP contribution in [0.4, 0.5) is 0 Å². The maximum absolute atomic E-state index is 11.1. The highest BCUT2D eigenvalue weighted by Gasteiger charge is 2.08. The Morgan fingerprint density at radius 2 is 1.93 bits per heavy atom. The zero-order valence-corrected chi connectivity index (χ0v) is 9.42. The molecule has 0 spiro atoms. The number of nitrogens with zero attached hydrogens (tertiary/aromatic N) is 1. The number of carbonyl (C=O) groups excluding carboxylic acids is 1. The fourth-order valence-electron chi connectivity index (χ4n) is 0.958. The molecular weight excluding hydrogens is 178 g/mol. The predicted molar refractivity (Wildman–Crippen MR) is 56.4 cm³/mol. The second-order valence-corrected chi connectivity index (χ2v) is 2.63. The summed E-state index contributed by atoms with van der Waals surface area (Å²) in [5, 5.41) is 0. The molecule has 0 aliphatic heterocycles. The first kappa shape index (κ1) is 12.6. The summed E-state index contributed by atoms with van der Waals surface area (Å²) in [6, 6.07) is 1.72. The summed E-state index contributed by atoms with van der Waals surface area (Å²) in [6.45, 7) is 7.67. The minimum Gasteiger partial charge on any atom is -0.465 e. The van der Waals surface area contributed by atoms with Crippen LogP contribution in [0, 0.1) is 13.8 Å². The maximum Gasteiger partial charge on any atom is 0.338 e. The fourth-order valence-corrected chi connectivity index (χ4v) is 0.958. The van der Waals surface area contributed by atoms with Crippen LogP contribution in [-0.2, 0) is 4.74 Å². The summed E-state index contributed by atoms with van der Waals surface area (Å²) in [4.78, 5) is 15.2. The van der Waals surface area contributed by atoms with Crippen LogP contribution in [-0.4, -0.2) is 18.1 Å². The minimum absolute atomic E-state index is 0.307. The van der Waals surface area contributed by atoms with Crippen LogP contribution in [0.3, 0.4) is 0 Å². The molecule has 3 heteroatoms. The van der Waals surface area contributed by atoms with E-state index in [9.17, 15) is 4.79 Å². The van der Waals surface area contributed by atoms with Crippen molar-refractivity contribution in [2.45, 2.75) is 27.7 Å². The molecule has 0 aliphatic rings. The van der Waals surface area contributed by atoms with Crippen LogP contribution in [0.5, 0.6) is 0 Å². The third kappa shape index (κ3) is 3.17. The predicted octanol–water partition coefficient (Wildman–Crippen LogP) is 2.51. The van der Waals surface area contributed by atoms with E-state index in [2.05, 4.69) is 9.72 Å². The van der Waals surface area contributed by atoms with Crippen molar-refractivity contribution in [1.82, 2.24) is 4.98 Å². The van der Waals surface area contributed by atoms with Crippen LogP contribution in [0.1, 0.15) is 35.5 Å². The van der Waals surface area contributed by atoms with Crippen molar-refractivity contribution in [1.29, 1.82) is 0 Å². The lowest BCUT2D eigenvalue weighted by molar-refractivity contribution is 0.0599. The molecule has 0 bridgehead atoms.